The number of ether oxygens (including phenoxy) is 1. The van der Waals surface area contributed by atoms with Crippen molar-refractivity contribution in [1.82, 2.24) is 9.97 Å². The van der Waals surface area contributed by atoms with Gasteiger partial charge in [-0.1, -0.05) is 6.42 Å². The molecule has 0 amide bonds. The summed E-state index contributed by atoms with van der Waals surface area (Å²) >= 11 is 0. The fourth-order valence-electron chi connectivity index (χ4n) is 3.84. The molecule has 3 rings (SSSR count). The molecule has 3 atom stereocenters. The molecule has 5 nitrogen and oxygen atoms in total. The third kappa shape index (κ3) is 2.53. The average Bonchev–Trinajstić information content (AvgIpc) is 3.08. The van der Waals surface area contributed by atoms with Gasteiger partial charge in [-0.15, -0.1) is 0 Å². The van der Waals surface area contributed by atoms with Crippen LogP contribution in [0, 0.1) is 17.8 Å². The van der Waals surface area contributed by atoms with Crippen molar-refractivity contribution in [2.45, 2.75) is 32.6 Å². The minimum Gasteiger partial charge on any atom is -0.490 e. The van der Waals surface area contributed by atoms with Crippen LogP contribution in [-0.2, 0) is 0 Å². The monoisotopic (exact) mass is 276 g/mol. The van der Waals surface area contributed by atoms with Crippen molar-refractivity contribution >= 4 is 11.6 Å². The first kappa shape index (κ1) is 13.5. The second kappa shape index (κ2) is 5.85. The Kier molecular flexibility index (Phi) is 3.94. The second-order valence-electron chi connectivity index (χ2n) is 5.95. The number of nitrogens with zero attached hydrogens (tertiary/aromatic N) is 2. The Morgan fingerprint density at radius 2 is 2.00 bits per heavy atom. The van der Waals surface area contributed by atoms with Crippen LogP contribution in [0.25, 0.3) is 0 Å². The molecule has 2 saturated carbocycles. The number of hydrogen-bond acceptors (Lipinski definition) is 5. The van der Waals surface area contributed by atoms with Gasteiger partial charge in [-0.05, 0) is 43.9 Å². The van der Waals surface area contributed by atoms with E-state index in [1.165, 1.54) is 25.7 Å². The summed E-state index contributed by atoms with van der Waals surface area (Å²) in [5.41, 5.74) is 0. The summed E-state index contributed by atoms with van der Waals surface area (Å²) < 4.78 is 5.46. The summed E-state index contributed by atoms with van der Waals surface area (Å²) in [5.74, 6) is 5.00. The van der Waals surface area contributed by atoms with Gasteiger partial charge in [0.1, 0.15) is 6.33 Å². The lowest BCUT2D eigenvalue weighted by Gasteiger charge is -2.22. The van der Waals surface area contributed by atoms with Crippen molar-refractivity contribution in [2.24, 2.45) is 17.8 Å². The topological polar surface area (TPSA) is 59.1 Å². The highest BCUT2D eigenvalue weighted by Gasteiger charge is 2.39. The SMILES string of the molecule is CCNc1ncnc(NCC2CC3CCC2C3)c1OC. The molecule has 0 spiro atoms. The van der Waals surface area contributed by atoms with E-state index in [9.17, 15) is 0 Å². The average molecular weight is 276 g/mol. The zero-order chi connectivity index (χ0) is 13.9. The fraction of sp³-hybridized carbons (Fsp3) is 0.733. The van der Waals surface area contributed by atoms with E-state index in [2.05, 4.69) is 20.6 Å². The van der Waals surface area contributed by atoms with E-state index < -0.39 is 0 Å². The van der Waals surface area contributed by atoms with Crippen molar-refractivity contribution in [1.29, 1.82) is 0 Å². The van der Waals surface area contributed by atoms with Crippen LogP contribution in [0.15, 0.2) is 6.33 Å². The van der Waals surface area contributed by atoms with Crippen molar-refractivity contribution < 1.29 is 4.74 Å². The van der Waals surface area contributed by atoms with Gasteiger partial charge in [-0.25, -0.2) is 9.97 Å². The predicted molar refractivity (Wildman–Crippen MR) is 80.2 cm³/mol. The Bertz CT molecular complexity index is 465. The van der Waals surface area contributed by atoms with Crippen LogP contribution in [0.2, 0.25) is 0 Å². The maximum absolute atomic E-state index is 5.46. The Morgan fingerprint density at radius 3 is 2.60 bits per heavy atom. The highest BCUT2D eigenvalue weighted by molar-refractivity contribution is 5.63. The first-order valence-electron chi connectivity index (χ1n) is 7.68. The molecule has 2 aliphatic rings. The van der Waals surface area contributed by atoms with Gasteiger partial charge in [-0.3, -0.25) is 0 Å². The van der Waals surface area contributed by atoms with Crippen molar-refractivity contribution in [2.75, 3.05) is 30.8 Å². The summed E-state index contributed by atoms with van der Waals surface area (Å²) in [7, 11) is 1.67. The molecular formula is C15H24N4O. The molecule has 0 saturated heterocycles. The molecule has 1 aromatic rings. The largest absolute Gasteiger partial charge is 0.490 e. The highest BCUT2D eigenvalue weighted by Crippen LogP contribution is 2.48. The van der Waals surface area contributed by atoms with Crippen molar-refractivity contribution in [3.63, 3.8) is 0 Å². The molecule has 5 heteroatoms. The number of anilines is 2. The van der Waals surface area contributed by atoms with Crippen molar-refractivity contribution in [3.05, 3.63) is 6.33 Å². The molecule has 20 heavy (non-hydrogen) atoms. The third-order valence-electron chi connectivity index (χ3n) is 4.77. The van der Waals surface area contributed by atoms with Crippen LogP contribution >= 0.6 is 0 Å². The first-order valence-corrected chi connectivity index (χ1v) is 7.68. The summed E-state index contributed by atoms with van der Waals surface area (Å²) in [4.78, 5) is 8.56. The molecule has 2 N–H and O–H groups in total. The van der Waals surface area contributed by atoms with Gasteiger partial charge < -0.3 is 15.4 Å². The fourth-order valence-corrected chi connectivity index (χ4v) is 3.84. The molecule has 0 radical (unpaired) electrons. The molecule has 0 aliphatic heterocycles. The molecule has 1 aromatic heterocycles. The Labute approximate surface area is 120 Å². The minimum atomic E-state index is 0.720. The summed E-state index contributed by atoms with van der Waals surface area (Å²) in [5, 5.41) is 6.68. The molecule has 2 bridgehead atoms. The van der Waals surface area contributed by atoms with E-state index in [-0.39, 0.29) is 0 Å². The summed E-state index contributed by atoms with van der Waals surface area (Å²) in [6.45, 7) is 3.86. The molecule has 1 heterocycles. The summed E-state index contributed by atoms with van der Waals surface area (Å²) in [6.07, 6.45) is 7.27. The van der Waals surface area contributed by atoms with Gasteiger partial charge >= 0.3 is 0 Å². The maximum Gasteiger partial charge on any atom is 0.204 e. The number of nitrogens with one attached hydrogen (secondary N) is 2. The lowest BCUT2D eigenvalue weighted by molar-refractivity contribution is 0.347. The number of methoxy groups -OCH3 is 1. The van der Waals surface area contributed by atoms with Crippen LogP contribution in [-0.4, -0.2) is 30.2 Å². The number of aromatic nitrogens is 2. The van der Waals surface area contributed by atoms with Crippen LogP contribution in [0.5, 0.6) is 5.75 Å². The van der Waals surface area contributed by atoms with Gasteiger partial charge in [0.15, 0.2) is 11.6 Å². The van der Waals surface area contributed by atoms with Gasteiger partial charge in [0.05, 0.1) is 7.11 Å². The van der Waals surface area contributed by atoms with Gasteiger partial charge in [0, 0.05) is 13.1 Å². The predicted octanol–water partition coefficient (Wildman–Crippen LogP) is 2.77. The number of hydrogen-bond donors (Lipinski definition) is 2. The van der Waals surface area contributed by atoms with Crippen LogP contribution in [0.1, 0.15) is 32.6 Å². The van der Waals surface area contributed by atoms with E-state index >= 15 is 0 Å². The Morgan fingerprint density at radius 1 is 1.20 bits per heavy atom. The molecule has 0 aromatic carbocycles. The van der Waals surface area contributed by atoms with Gasteiger partial charge in [-0.2, -0.15) is 0 Å². The quantitative estimate of drug-likeness (QED) is 0.836. The van der Waals surface area contributed by atoms with E-state index in [4.69, 9.17) is 4.74 Å². The number of fused-ring (bicyclic) bond motifs is 2. The van der Waals surface area contributed by atoms with Gasteiger partial charge in [0.2, 0.25) is 5.75 Å². The molecular weight excluding hydrogens is 252 g/mol. The molecule has 2 fully saturated rings. The number of rotatable bonds is 6. The summed E-state index contributed by atoms with van der Waals surface area (Å²) in [6, 6.07) is 0. The lowest BCUT2D eigenvalue weighted by atomic mass is 9.89. The minimum absolute atomic E-state index is 0.720. The molecule has 110 valence electrons. The Hall–Kier alpha value is -1.52. The standard InChI is InChI=1S/C15H24N4O/c1-3-16-14-13(20-2)15(19-9-18-14)17-8-12-7-10-4-5-11(12)6-10/h9-12H,3-8H2,1-2H3,(H2,16,17,18,19). The van der Waals surface area contributed by atoms with E-state index in [1.54, 1.807) is 13.4 Å². The molecule has 3 unspecified atom stereocenters. The first-order chi connectivity index (χ1) is 9.81. The van der Waals surface area contributed by atoms with E-state index in [1.807, 2.05) is 6.92 Å². The van der Waals surface area contributed by atoms with Crippen LogP contribution < -0.4 is 15.4 Å². The van der Waals surface area contributed by atoms with Crippen LogP contribution in [0.4, 0.5) is 11.6 Å². The zero-order valence-corrected chi connectivity index (χ0v) is 12.4. The maximum atomic E-state index is 5.46. The van der Waals surface area contributed by atoms with Gasteiger partial charge in [0.25, 0.3) is 0 Å². The lowest BCUT2D eigenvalue weighted by Crippen LogP contribution is -2.21. The van der Waals surface area contributed by atoms with Crippen molar-refractivity contribution in [3.8, 4) is 5.75 Å². The van der Waals surface area contributed by atoms with Crippen LogP contribution in [0.3, 0.4) is 0 Å². The highest BCUT2D eigenvalue weighted by atomic mass is 16.5. The smallest absolute Gasteiger partial charge is 0.204 e. The van der Waals surface area contributed by atoms with E-state index in [0.29, 0.717) is 0 Å². The molecule has 2 aliphatic carbocycles. The normalized spacial score (nSPS) is 27.6. The zero-order valence-electron chi connectivity index (χ0n) is 12.4. The van der Waals surface area contributed by atoms with E-state index in [0.717, 1.165) is 48.2 Å². The Balaban J connectivity index is 1.66. The second-order valence-corrected chi connectivity index (χ2v) is 5.95. The third-order valence-corrected chi connectivity index (χ3v) is 4.77.